The summed E-state index contributed by atoms with van der Waals surface area (Å²) < 4.78 is 15.5. The molecular formula is C18H18ClNO5. The Morgan fingerprint density at radius 1 is 1.04 bits per heavy atom. The van der Waals surface area contributed by atoms with Crippen molar-refractivity contribution < 1.29 is 23.8 Å². The molecule has 2 aromatic rings. The van der Waals surface area contributed by atoms with Crippen molar-refractivity contribution in [3.8, 4) is 11.5 Å². The second kappa shape index (κ2) is 8.39. The predicted octanol–water partition coefficient (Wildman–Crippen LogP) is 3.54. The monoisotopic (exact) mass is 363 g/mol. The van der Waals surface area contributed by atoms with Crippen LogP contribution in [0, 0.1) is 0 Å². The number of methoxy groups -OCH3 is 2. The van der Waals surface area contributed by atoms with E-state index in [-0.39, 0.29) is 5.56 Å². The molecule has 0 aliphatic carbocycles. The molecule has 0 aromatic heterocycles. The molecule has 132 valence electrons. The fraction of sp³-hybridized carbons (Fsp3) is 0.222. The van der Waals surface area contributed by atoms with Crippen LogP contribution in [0.4, 0.5) is 5.69 Å². The number of amides is 1. The fourth-order valence-electron chi connectivity index (χ4n) is 2.06. The van der Waals surface area contributed by atoms with Crippen molar-refractivity contribution in [3.05, 3.63) is 53.1 Å². The van der Waals surface area contributed by atoms with Gasteiger partial charge in [0.15, 0.2) is 17.6 Å². The van der Waals surface area contributed by atoms with E-state index in [1.54, 1.807) is 30.3 Å². The molecule has 0 saturated heterocycles. The Kier molecular flexibility index (Phi) is 6.25. The van der Waals surface area contributed by atoms with E-state index >= 15 is 0 Å². The van der Waals surface area contributed by atoms with E-state index in [0.29, 0.717) is 22.2 Å². The maximum Gasteiger partial charge on any atom is 0.339 e. The number of anilines is 1. The van der Waals surface area contributed by atoms with Crippen LogP contribution in [0.5, 0.6) is 11.5 Å². The average molecular weight is 364 g/mol. The lowest BCUT2D eigenvalue weighted by molar-refractivity contribution is -0.123. The van der Waals surface area contributed by atoms with E-state index in [4.69, 9.17) is 25.8 Å². The Bertz CT molecular complexity index is 778. The lowest BCUT2D eigenvalue weighted by Crippen LogP contribution is -2.30. The van der Waals surface area contributed by atoms with Gasteiger partial charge in [-0.2, -0.15) is 0 Å². The van der Waals surface area contributed by atoms with E-state index in [1.165, 1.54) is 33.3 Å². The third kappa shape index (κ3) is 4.87. The molecule has 0 radical (unpaired) electrons. The summed E-state index contributed by atoms with van der Waals surface area (Å²) in [6.45, 7) is 1.48. The fourth-order valence-corrected chi connectivity index (χ4v) is 2.25. The Morgan fingerprint density at radius 3 is 2.40 bits per heavy atom. The van der Waals surface area contributed by atoms with E-state index in [0.717, 1.165) is 0 Å². The van der Waals surface area contributed by atoms with E-state index in [1.807, 2.05) is 0 Å². The molecule has 0 fully saturated rings. The molecule has 1 atom stereocenters. The molecule has 0 bridgehead atoms. The first-order valence-electron chi connectivity index (χ1n) is 7.44. The number of carbonyl (C=O) groups excluding carboxylic acids is 2. The summed E-state index contributed by atoms with van der Waals surface area (Å²) in [6, 6.07) is 11.3. The summed E-state index contributed by atoms with van der Waals surface area (Å²) in [6.07, 6.45) is -0.987. The predicted molar refractivity (Wildman–Crippen MR) is 94.5 cm³/mol. The van der Waals surface area contributed by atoms with Crippen LogP contribution in [0.3, 0.4) is 0 Å². The molecule has 6 nitrogen and oxygen atoms in total. The Labute approximate surface area is 150 Å². The van der Waals surface area contributed by atoms with Gasteiger partial charge in [-0.25, -0.2) is 4.79 Å². The maximum atomic E-state index is 12.2. The van der Waals surface area contributed by atoms with Crippen LogP contribution in [-0.4, -0.2) is 32.2 Å². The van der Waals surface area contributed by atoms with Gasteiger partial charge in [-0.15, -0.1) is 0 Å². The molecule has 2 rings (SSSR count). The maximum absolute atomic E-state index is 12.2. The van der Waals surface area contributed by atoms with Crippen molar-refractivity contribution in [2.75, 3.05) is 19.5 Å². The van der Waals surface area contributed by atoms with Gasteiger partial charge in [0.25, 0.3) is 5.91 Å². The SMILES string of the molecule is COc1ccc(C(=O)O[C@@H](C)C(=O)Nc2cccc(Cl)c2)cc1OC. The molecule has 0 saturated carbocycles. The first-order valence-corrected chi connectivity index (χ1v) is 7.82. The molecule has 2 aromatic carbocycles. The zero-order chi connectivity index (χ0) is 18.4. The van der Waals surface area contributed by atoms with Gasteiger partial charge in [-0.1, -0.05) is 17.7 Å². The molecule has 0 unspecified atom stereocenters. The zero-order valence-corrected chi connectivity index (χ0v) is 14.8. The van der Waals surface area contributed by atoms with E-state index in [9.17, 15) is 9.59 Å². The second-order valence-corrected chi connectivity index (χ2v) is 5.55. The van der Waals surface area contributed by atoms with Gasteiger partial charge in [0.2, 0.25) is 0 Å². The lowest BCUT2D eigenvalue weighted by atomic mass is 10.2. The number of nitrogens with one attached hydrogen (secondary N) is 1. The van der Waals surface area contributed by atoms with Crippen LogP contribution >= 0.6 is 11.6 Å². The number of hydrogen-bond donors (Lipinski definition) is 1. The highest BCUT2D eigenvalue weighted by molar-refractivity contribution is 6.30. The minimum atomic E-state index is -0.987. The largest absolute Gasteiger partial charge is 0.493 e. The quantitative estimate of drug-likeness (QED) is 0.794. The number of rotatable bonds is 6. The molecule has 0 aliphatic heterocycles. The molecule has 25 heavy (non-hydrogen) atoms. The van der Waals surface area contributed by atoms with Gasteiger partial charge < -0.3 is 19.5 Å². The third-order valence-electron chi connectivity index (χ3n) is 3.36. The summed E-state index contributed by atoms with van der Waals surface area (Å²) >= 11 is 5.87. The van der Waals surface area contributed by atoms with Crippen molar-refractivity contribution >= 4 is 29.2 Å². The molecule has 1 N–H and O–H groups in total. The topological polar surface area (TPSA) is 73.9 Å². The minimum absolute atomic E-state index is 0.250. The van der Waals surface area contributed by atoms with Gasteiger partial charge in [0.1, 0.15) is 0 Å². The molecule has 7 heteroatoms. The number of benzene rings is 2. The minimum Gasteiger partial charge on any atom is -0.493 e. The first kappa shape index (κ1) is 18.6. The van der Waals surface area contributed by atoms with Gasteiger partial charge in [-0.05, 0) is 43.3 Å². The van der Waals surface area contributed by atoms with Gasteiger partial charge >= 0.3 is 5.97 Å². The molecule has 1 amide bonds. The summed E-state index contributed by atoms with van der Waals surface area (Å²) in [5, 5.41) is 3.13. The Balaban J connectivity index is 2.03. The number of carbonyl (C=O) groups is 2. The smallest absolute Gasteiger partial charge is 0.339 e. The van der Waals surface area contributed by atoms with Crippen molar-refractivity contribution in [1.29, 1.82) is 0 Å². The van der Waals surface area contributed by atoms with Crippen molar-refractivity contribution in [2.24, 2.45) is 0 Å². The van der Waals surface area contributed by atoms with Gasteiger partial charge in [-0.3, -0.25) is 4.79 Å². The Hall–Kier alpha value is -2.73. The van der Waals surface area contributed by atoms with Crippen LogP contribution < -0.4 is 14.8 Å². The van der Waals surface area contributed by atoms with Crippen LogP contribution in [0.25, 0.3) is 0 Å². The summed E-state index contributed by atoms with van der Waals surface area (Å²) in [5.41, 5.74) is 0.770. The molecular weight excluding hydrogens is 346 g/mol. The number of ether oxygens (including phenoxy) is 3. The number of hydrogen-bond acceptors (Lipinski definition) is 5. The first-order chi connectivity index (χ1) is 11.9. The molecule has 0 heterocycles. The van der Waals surface area contributed by atoms with Crippen LogP contribution in [0.15, 0.2) is 42.5 Å². The van der Waals surface area contributed by atoms with Gasteiger partial charge in [0.05, 0.1) is 19.8 Å². The molecule has 0 aliphatic rings. The zero-order valence-electron chi connectivity index (χ0n) is 14.0. The van der Waals surface area contributed by atoms with Gasteiger partial charge in [0, 0.05) is 10.7 Å². The van der Waals surface area contributed by atoms with E-state index in [2.05, 4.69) is 5.32 Å². The number of esters is 1. The standard InChI is InChI=1S/C18H18ClNO5/c1-11(17(21)20-14-6-4-5-13(19)10-14)25-18(22)12-7-8-15(23-2)16(9-12)24-3/h4-11H,1-3H3,(H,20,21)/t11-/m0/s1. The number of halogens is 1. The second-order valence-electron chi connectivity index (χ2n) is 5.12. The van der Waals surface area contributed by atoms with E-state index < -0.39 is 18.0 Å². The lowest BCUT2D eigenvalue weighted by Gasteiger charge is -2.14. The van der Waals surface area contributed by atoms with Crippen molar-refractivity contribution in [3.63, 3.8) is 0 Å². The highest BCUT2D eigenvalue weighted by Crippen LogP contribution is 2.28. The van der Waals surface area contributed by atoms with Crippen molar-refractivity contribution in [1.82, 2.24) is 0 Å². The van der Waals surface area contributed by atoms with Crippen molar-refractivity contribution in [2.45, 2.75) is 13.0 Å². The summed E-state index contributed by atoms with van der Waals surface area (Å²) in [5.74, 6) is -0.218. The summed E-state index contributed by atoms with van der Waals surface area (Å²) in [4.78, 5) is 24.4. The van der Waals surface area contributed by atoms with Crippen LogP contribution in [-0.2, 0) is 9.53 Å². The molecule has 0 spiro atoms. The summed E-state index contributed by atoms with van der Waals surface area (Å²) in [7, 11) is 2.96. The normalized spacial score (nSPS) is 11.4. The average Bonchev–Trinajstić information content (AvgIpc) is 2.60. The highest BCUT2D eigenvalue weighted by Gasteiger charge is 2.20. The third-order valence-corrected chi connectivity index (χ3v) is 3.60. The van der Waals surface area contributed by atoms with Crippen LogP contribution in [0.1, 0.15) is 17.3 Å². The Morgan fingerprint density at radius 2 is 1.76 bits per heavy atom. The highest BCUT2D eigenvalue weighted by atomic mass is 35.5. The van der Waals surface area contributed by atoms with Crippen LogP contribution in [0.2, 0.25) is 5.02 Å².